The largest absolute Gasteiger partial charge is 0.101 e. The van der Waals surface area contributed by atoms with Crippen LogP contribution in [0.25, 0.3) is 0 Å². The van der Waals surface area contributed by atoms with Crippen molar-refractivity contribution < 1.29 is 84.3 Å². The van der Waals surface area contributed by atoms with Gasteiger partial charge in [0.05, 0.1) is 148 Å². The maximum absolute atomic E-state index is 2.32. The van der Waals surface area contributed by atoms with Crippen LogP contribution in [0.5, 0.6) is 0 Å². The number of rotatable bonds is 28. The van der Waals surface area contributed by atoms with Crippen molar-refractivity contribution in [3.63, 3.8) is 0 Å². The van der Waals surface area contributed by atoms with Gasteiger partial charge in [0, 0.05) is 102 Å². The molecular formula is C116H116GeP8Pt4+8. The number of benzene rings is 18. The molecular weight excluding hydrogens is 2490 g/mol. The quantitative estimate of drug-likeness (QED) is 0.0339. The van der Waals surface area contributed by atoms with E-state index in [9.17, 15) is 0 Å². The molecule has 0 saturated heterocycles. The van der Waals surface area contributed by atoms with Crippen molar-refractivity contribution in [1.82, 2.24) is 0 Å². The summed E-state index contributed by atoms with van der Waals surface area (Å²) >= 11 is 0. The van der Waals surface area contributed by atoms with E-state index >= 15 is 0 Å². The third-order valence-electron chi connectivity index (χ3n) is 21.8. The van der Waals surface area contributed by atoms with Crippen molar-refractivity contribution in [2.24, 2.45) is 0 Å². The van der Waals surface area contributed by atoms with Crippen LogP contribution in [0.3, 0.4) is 0 Å². The van der Waals surface area contributed by atoms with Gasteiger partial charge in [0.15, 0.2) is 0 Å². The molecule has 0 unspecified atom stereocenters. The second-order valence-corrected chi connectivity index (χ2v) is 50.9. The summed E-state index contributed by atoms with van der Waals surface area (Å²) in [6.07, 6.45) is 10.1. The molecule has 4 radical (unpaired) electrons. The number of hydrogen-bond donors (Lipinski definition) is 0. The first kappa shape index (κ1) is 107. The third kappa shape index (κ3) is 36.2. The molecule has 0 atom stereocenters. The topological polar surface area (TPSA) is 0 Å². The normalized spacial score (nSPS) is 10.4. The second kappa shape index (κ2) is 63.8. The van der Waals surface area contributed by atoms with Crippen LogP contribution in [0, 0.1) is 0 Å². The molecule has 0 bridgehead atoms. The first-order chi connectivity index (χ1) is 61.7. The molecule has 0 saturated carbocycles. The minimum absolute atomic E-state index is 0. The fourth-order valence-corrected chi connectivity index (χ4v) is 40.4. The Labute approximate surface area is 848 Å². The molecule has 0 fully saturated rings. The molecule has 18 rings (SSSR count). The minimum atomic E-state index is -0.783. The summed E-state index contributed by atoms with van der Waals surface area (Å²) in [5, 5.41) is 24.2. The predicted octanol–water partition coefficient (Wildman–Crippen LogP) is 21.8. The third-order valence-corrected chi connectivity index (χ3v) is 46.3. The molecule has 18 aromatic rings. The van der Waals surface area contributed by atoms with Gasteiger partial charge in [-0.3, -0.25) is 0 Å². The zero-order valence-corrected chi connectivity index (χ0v) is 91.7. The Balaban J connectivity index is 0.000000200. The van der Waals surface area contributed by atoms with E-state index in [-0.39, 0.29) is 102 Å². The Morgan fingerprint density at radius 2 is 0.132 bits per heavy atom. The molecule has 0 aliphatic heterocycles. The molecule has 656 valence electrons. The van der Waals surface area contributed by atoms with E-state index in [1.807, 2.05) is 72.8 Å². The van der Waals surface area contributed by atoms with Gasteiger partial charge in [-0.05, 0) is 194 Å². The first-order valence-electron chi connectivity index (χ1n) is 43.4. The molecule has 18 aromatic carbocycles. The zero-order valence-electron chi connectivity index (χ0n) is 72.5. The molecule has 13 heteroatoms. The molecule has 0 spiro atoms. The van der Waals surface area contributed by atoms with Crippen molar-refractivity contribution in [2.75, 3.05) is 49.3 Å². The maximum atomic E-state index is 2.32. The van der Waals surface area contributed by atoms with Crippen LogP contribution < -0.4 is 84.9 Å². The van der Waals surface area contributed by atoms with Gasteiger partial charge in [-0.1, -0.05) is 364 Å². The van der Waals surface area contributed by atoms with Crippen LogP contribution >= 0.6 is 63.4 Å². The summed E-state index contributed by atoms with van der Waals surface area (Å²) in [4.78, 5) is 0. The molecule has 0 aliphatic rings. The SMILES string of the molecule is [Ge].[Pt].[Pt].[Pt].[Pt].c1ccc([PH+](CC[PH+](c2ccccc2)c2ccccc2)c2ccccc2)cc1.c1ccc([PH+](CC[PH+](c2ccccc2)c2ccccc2)c2ccccc2)cc1.c1ccc([PH+](CC[PH+](c2ccccc2)c2ccccc2)c2ccccc2)cc1.c1ccc([PH+](CC[PH+](c2ccccc2)c2ccccc2)c2ccccc2)cc1.c1ccccc1.c1ccccc1. The Hall–Kier alpha value is -7.30. The standard InChI is InChI=1S/4C26H24P2.2C6H6.Ge.4Pt/c4*1-5-13-23(14-6-1)27(24-15-7-2-8-16-24)21-22-28(25-17-9-3-10-18-25)26-19-11-4-12-20-26;2*1-2-4-6-5-3-1;;;;;/h4*1-20H,21-22H2;2*1-6H;;;;;/p+8. The maximum Gasteiger partial charge on any atom is 0.101 e. The van der Waals surface area contributed by atoms with Crippen LogP contribution in [-0.4, -0.2) is 66.9 Å². The molecule has 129 heavy (non-hydrogen) atoms. The Morgan fingerprint density at radius 3 is 0.186 bits per heavy atom. The summed E-state index contributed by atoms with van der Waals surface area (Å²) in [7, 11) is -6.27. The Kier molecular flexibility index (Phi) is 52.9. The van der Waals surface area contributed by atoms with E-state index in [1.165, 1.54) is 134 Å². The van der Waals surface area contributed by atoms with E-state index in [2.05, 4.69) is 485 Å². The molecule has 0 heterocycles. The Bertz CT molecular complexity index is 4350. The van der Waals surface area contributed by atoms with Gasteiger partial charge in [0.1, 0.15) is 49.3 Å². The van der Waals surface area contributed by atoms with Crippen molar-refractivity contribution >= 4 is 166 Å². The van der Waals surface area contributed by atoms with Gasteiger partial charge in [-0.25, -0.2) is 0 Å². The minimum Gasteiger partial charge on any atom is -0.0623 e. The fourth-order valence-electron chi connectivity index (χ4n) is 15.6. The predicted molar refractivity (Wildman–Crippen MR) is 581 cm³/mol. The van der Waals surface area contributed by atoms with Crippen LogP contribution in [0.2, 0.25) is 0 Å². The van der Waals surface area contributed by atoms with E-state index in [0.717, 1.165) is 0 Å². The molecule has 0 amide bonds. The fraction of sp³-hybridized carbons (Fsp3) is 0.0690. The summed E-state index contributed by atoms with van der Waals surface area (Å²) in [5.74, 6) is 0. The Morgan fingerprint density at radius 1 is 0.0853 bits per heavy atom. The van der Waals surface area contributed by atoms with Gasteiger partial charge in [-0.2, -0.15) is 0 Å². The van der Waals surface area contributed by atoms with Gasteiger partial charge in [0.25, 0.3) is 0 Å². The van der Waals surface area contributed by atoms with Crippen molar-refractivity contribution in [2.45, 2.75) is 0 Å². The van der Waals surface area contributed by atoms with Crippen molar-refractivity contribution in [3.05, 3.63) is 558 Å². The van der Waals surface area contributed by atoms with E-state index in [0.29, 0.717) is 0 Å². The van der Waals surface area contributed by atoms with Crippen LogP contribution in [0.15, 0.2) is 558 Å². The van der Waals surface area contributed by atoms with E-state index in [1.54, 1.807) is 0 Å². The van der Waals surface area contributed by atoms with Gasteiger partial charge < -0.3 is 0 Å². The first-order valence-corrected chi connectivity index (χ1v) is 57.1. The number of hydrogen-bond acceptors (Lipinski definition) is 0. The van der Waals surface area contributed by atoms with Crippen LogP contribution in [0.4, 0.5) is 0 Å². The molecule has 0 aromatic heterocycles. The summed E-state index contributed by atoms with van der Waals surface area (Å²) in [5.41, 5.74) is 0. The second-order valence-electron chi connectivity index (χ2n) is 30.0. The average Bonchev–Trinajstić information content (AvgIpc) is 0.841. The average molecular weight is 2610 g/mol. The van der Waals surface area contributed by atoms with Gasteiger partial charge in [0.2, 0.25) is 0 Å². The van der Waals surface area contributed by atoms with Crippen molar-refractivity contribution in [1.29, 1.82) is 0 Å². The smallest absolute Gasteiger partial charge is 0.0623 e. The summed E-state index contributed by atoms with van der Waals surface area (Å²) < 4.78 is 0. The molecule has 0 aliphatic carbocycles. The van der Waals surface area contributed by atoms with Gasteiger partial charge >= 0.3 is 0 Å². The molecule has 0 nitrogen and oxygen atoms in total. The van der Waals surface area contributed by atoms with Crippen LogP contribution in [0.1, 0.15) is 0 Å². The van der Waals surface area contributed by atoms with E-state index < -0.39 is 63.4 Å². The zero-order chi connectivity index (χ0) is 84.6. The monoisotopic (exact) mass is 2610 g/mol. The van der Waals surface area contributed by atoms with E-state index in [4.69, 9.17) is 0 Å². The molecule has 0 N–H and O–H groups in total. The van der Waals surface area contributed by atoms with Gasteiger partial charge in [-0.15, -0.1) is 0 Å². The van der Waals surface area contributed by atoms with Crippen molar-refractivity contribution in [3.8, 4) is 0 Å². The van der Waals surface area contributed by atoms with Crippen LogP contribution in [-0.2, 0) is 84.3 Å². The summed E-state index contributed by atoms with van der Waals surface area (Å²) in [6.45, 7) is 0. The summed E-state index contributed by atoms with van der Waals surface area (Å²) in [6, 6.07) is 202.